The van der Waals surface area contributed by atoms with Crippen LogP contribution in [0.1, 0.15) is 104 Å². The second-order valence-corrected chi connectivity index (χ2v) is 6.49. The zero-order chi connectivity index (χ0) is 17.7. The van der Waals surface area contributed by atoms with Crippen LogP contribution in [-0.2, 0) is 9.53 Å². The van der Waals surface area contributed by atoms with Crippen LogP contribution >= 0.6 is 0 Å². The molecule has 0 aliphatic carbocycles. The lowest BCUT2D eigenvalue weighted by Crippen LogP contribution is -2.03. The molecule has 0 aromatic rings. The molecular formula is C22H40O2. The molecule has 0 N–H and O–H groups in total. The van der Waals surface area contributed by atoms with Gasteiger partial charge in [0.15, 0.2) is 0 Å². The summed E-state index contributed by atoms with van der Waals surface area (Å²) in [6, 6.07) is 0. The van der Waals surface area contributed by atoms with Crippen LogP contribution in [0.25, 0.3) is 0 Å². The van der Waals surface area contributed by atoms with Gasteiger partial charge < -0.3 is 4.74 Å². The van der Waals surface area contributed by atoms with E-state index >= 15 is 0 Å². The molecule has 0 aliphatic heterocycles. The summed E-state index contributed by atoms with van der Waals surface area (Å²) in [7, 11) is 0. The number of ether oxygens (including phenoxy) is 1. The maximum absolute atomic E-state index is 11.2. The van der Waals surface area contributed by atoms with Crippen molar-refractivity contribution in [2.24, 2.45) is 0 Å². The van der Waals surface area contributed by atoms with Gasteiger partial charge in [0.1, 0.15) is 0 Å². The highest BCUT2D eigenvalue weighted by atomic mass is 16.5. The number of rotatable bonds is 17. The van der Waals surface area contributed by atoms with Crippen molar-refractivity contribution >= 4 is 5.97 Å². The van der Waals surface area contributed by atoms with E-state index in [4.69, 9.17) is 4.74 Å². The first-order valence-corrected chi connectivity index (χ1v) is 10.3. The fraction of sp³-hybridized carbons (Fsp3) is 0.773. The van der Waals surface area contributed by atoms with Crippen LogP contribution in [0.3, 0.4) is 0 Å². The molecule has 0 saturated carbocycles. The van der Waals surface area contributed by atoms with Crippen molar-refractivity contribution in [3.05, 3.63) is 24.3 Å². The van der Waals surface area contributed by atoms with Crippen LogP contribution in [0.4, 0.5) is 0 Å². The first kappa shape index (κ1) is 22.9. The van der Waals surface area contributed by atoms with Crippen LogP contribution in [-0.4, -0.2) is 12.6 Å². The molecule has 0 fully saturated rings. The summed E-state index contributed by atoms with van der Waals surface area (Å²) in [5.41, 5.74) is 0. The first-order chi connectivity index (χ1) is 11.8. The second kappa shape index (κ2) is 20.0. The van der Waals surface area contributed by atoms with Crippen molar-refractivity contribution < 1.29 is 9.53 Å². The summed E-state index contributed by atoms with van der Waals surface area (Å²) >= 11 is 0. The number of hydrogen-bond donors (Lipinski definition) is 0. The lowest BCUT2D eigenvalue weighted by Gasteiger charge is -2.02. The quantitative estimate of drug-likeness (QED) is 0.160. The molecule has 0 atom stereocenters. The standard InChI is InChI=1S/C22H40O2/c1-3-5-6-7-8-9-10-11-12-13-14-15-16-17-18-19-20-21-22(23)24-4-2/h8-9,11-12H,3-7,10,13-21H2,1-2H3/b9-8-,12-11+. The Bertz CT molecular complexity index is 318. The van der Waals surface area contributed by atoms with E-state index in [1.54, 1.807) is 0 Å². The largest absolute Gasteiger partial charge is 0.466 e. The summed E-state index contributed by atoms with van der Waals surface area (Å²) in [5, 5.41) is 0. The van der Waals surface area contributed by atoms with Gasteiger partial charge in [0.05, 0.1) is 6.61 Å². The molecule has 2 heteroatoms. The molecule has 0 saturated heterocycles. The van der Waals surface area contributed by atoms with Gasteiger partial charge in [0.2, 0.25) is 0 Å². The van der Waals surface area contributed by atoms with E-state index in [1.807, 2.05) is 6.92 Å². The molecular weight excluding hydrogens is 296 g/mol. The van der Waals surface area contributed by atoms with E-state index in [-0.39, 0.29) is 5.97 Å². The number of esters is 1. The van der Waals surface area contributed by atoms with Gasteiger partial charge in [-0.3, -0.25) is 4.79 Å². The van der Waals surface area contributed by atoms with E-state index in [0.29, 0.717) is 13.0 Å². The van der Waals surface area contributed by atoms with Crippen molar-refractivity contribution in [1.82, 2.24) is 0 Å². The summed E-state index contributed by atoms with van der Waals surface area (Å²) < 4.78 is 4.92. The smallest absolute Gasteiger partial charge is 0.305 e. The molecule has 0 aromatic heterocycles. The molecule has 0 bridgehead atoms. The van der Waals surface area contributed by atoms with Gasteiger partial charge >= 0.3 is 5.97 Å². The van der Waals surface area contributed by atoms with Crippen LogP contribution in [0, 0.1) is 0 Å². The van der Waals surface area contributed by atoms with Crippen LogP contribution in [0.2, 0.25) is 0 Å². The van der Waals surface area contributed by atoms with E-state index in [0.717, 1.165) is 19.3 Å². The highest BCUT2D eigenvalue weighted by Gasteiger charge is 2.00. The Hall–Kier alpha value is -1.05. The number of hydrogen-bond acceptors (Lipinski definition) is 2. The fourth-order valence-electron chi connectivity index (χ4n) is 2.67. The van der Waals surface area contributed by atoms with Crippen LogP contribution < -0.4 is 0 Å². The van der Waals surface area contributed by atoms with Gasteiger partial charge in [0.25, 0.3) is 0 Å². The summed E-state index contributed by atoms with van der Waals surface area (Å²) in [6.45, 7) is 4.61. The maximum Gasteiger partial charge on any atom is 0.305 e. The Kier molecular flexibility index (Phi) is 19.1. The second-order valence-electron chi connectivity index (χ2n) is 6.49. The molecule has 0 heterocycles. The summed E-state index contributed by atoms with van der Waals surface area (Å²) in [5.74, 6) is -0.0416. The van der Waals surface area contributed by atoms with Crippen molar-refractivity contribution in [2.45, 2.75) is 104 Å². The van der Waals surface area contributed by atoms with Crippen molar-refractivity contribution in [1.29, 1.82) is 0 Å². The van der Waals surface area contributed by atoms with Gasteiger partial charge in [-0.25, -0.2) is 0 Å². The highest BCUT2D eigenvalue weighted by molar-refractivity contribution is 5.69. The minimum atomic E-state index is -0.0416. The normalized spacial score (nSPS) is 11.6. The molecule has 0 aliphatic rings. The third-order valence-electron chi connectivity index (χ3n) is 4.14. The zero-order valence-electron chi connectivity index (χ0n) is 16.2. The van der Waals surface area contributed by atoms with Crippen LogP contribution in [0.5, 0.6) is 0 Å². The predicted molar refractivity (Wildman–Crippen MR) is 105 cm³/mol. The van der Waals surface area contributed by atoms with E-state index in [9.17, 15) is 4.79 Å². The summed E-state index contributed by atoms with van der Waals surface area (Å²) in [6.07, 6.45) is 26.0. The first-order valence-electron chi connectivity index (χ1n) is 10.3. The maximum atomic E-state index is 11.2. The molecule has 140 valence electrons. The zero-order valence-corrected chi connectivity index (χ0v) is 16.2. The van der Waals surface area contributed by atoms with Gasteiger partial charge in [-0.1, -0.05) is 76.2 Å². The van der Waals surface area contributed by atoms with Crippen molar-refractivity contribution in [2.75, 3.05) is 6.61 Å². The van der Waals surface area contributed by atoms with Gasteiger partial charge in [-0.15, -0.1) is 0 Å². The lowest BCUT2D eigenvalue weighted by atomic mass is 10.1. The molecule has 0 spiro atoms. The SMILES string of the molecule is CCCCC/C=C\C/C=C/CCCCCCCCCC(=O)OCC. The molecule has 2 nitrogen and oxygen atoms in total. The van der Waals surface area contributed by atoms with Crippen molar-refractivity contribution in [3.8, 4) is 0 Å². The Labute approximate surface area is 150 Å². The number of allylic oxidation sites excluding steroid dienone is 4. The van der Waals surface area contributed by atoms with Crippen LogP contribution in [0.15, 0.2) is 24.3 Å². The number of carbonyl (C=O) groups excluding carboxylic acids is 1. The highest BCUT2D eigenvalue weighted by Crippen LogP contribution is 2.10. The summed E-state index contributed by atoms with van der Waals surface area (Å²) in [4.78, 5) is 11.2. The number of unbranched alkanes of at least 4 members (excludes halogenated alkanes) is 10. The van der Waals surface area contributed by atoms with E-state index in [1.165, 1.54) is 64.2 Å². The van der Waals surface area contributed by atoms with Gasteiger partial charge in [0, 0.05) is 6.42 Å². The molecule has 24 heavy (non-hydrogen) atoms. The third kappa shape index (κ3) is 19.0. The average molecular weight is 337 g/mol. The Morgan fingerprint density at radius 3 is 1.83 bits per heavy atom. The van der Waals surface area contributed by atoms with Crippen molar-refractivity contribution in [3.63, 3.8) is 0 Å². The van der Waals surface area contributed by atoms with Gasteiger partial charge in [-0.05, 0) is 45.4 Å². The molecule has 0 rings (SSSR count). The Morgan fingerprint density at radius 1 is 0.708 bits per heavy atom. The predicted octanol–water partition coefficient (Wildman–Crippen LogP) is 7.14. The minimum absolute atomic E-state index is 0.0416. The van der Waals surface area contributed by atoms with E-state index < -0.39 is 0 Å². The monoisotopic (exact) mass is 336 g/mol. The van der Waals surface area contributed by atoms with E-state index in [2.05, 4.69) is 31.2 Å². The topological polar surface area (TPSA) is 26.3 Å². The Balaban J connectivity index is 3.19. The Morgan fingerprint density at radius 2 is 1.25 bits per heavy atom. The molecule has 0 amide bonds. The minimum Gasteiger partial charge on any atom is -0.466 e. The third-order valence-corrected chi connectivity index (χ3v) is 4.14. The number of carbonyl (C=O) groups is 1. The molecule has 0 aromatic carbocycles. The van der Waals surface area contributed by atoms with Gasteiger partial charge in [-0.2, -0.15) is 0 Å². The molecule has 0 radical (unpaired) electrons. The average Bonchev–Trinajstić information content (AvgIpc) is 2.58. The fourth-order valence-corrected chi connectivity index (χ4v) is 2.67. The molecule has 0 unspecified atom stereocenters. The lowest BCUT2D eigenvalue weighted by molar-refractivity contribution is -0.143.